The number of para-hydroxylation sites is 2. The number of hydrogen-bond donors (Lipinski definition) is 1. The van der Waals surface area contributed by atoms with Crippen LogP contribution in [0, 0.1) is 0 Å². The van der Waals surface area contributed by atoms with Crippen molar-refractivity contribution in [2.45, 2.75) is 12.4 Å². The maximum atomic E-state index is 12.9. The Morgan fingerprint density at radius 1 is 1.08 bits per heavy atom. The fourth-order valence-corrected chi connectivity index (χ4v) is 1.75. The van der Waals surface area contributed by atoms with Crippen molar-refractivity contribution in [1.29, 1.82) is 0 Å². The van der Waals surface area contributed by atoms with Gasteiger partial charge in [-0.2, -0.15) is 31.3 Å². The number of aromatic nitrogens is 2. The third kappa shape index (κ3) is 5.13. The summed E-state index contributed by atoms with van der Waals surface area (Å²) >= 11 is 0. The second-order valence-electron chi connectivity index (χ2n) is 4.64. The molecule has 0 saturated carbocycles. The Balaban J connectivity index is 2.34. The summed E-state index contributed by atoms with van der Waals surface area (Å²) in [5.74, 6) is -1.27. The summed E-state index contributed by atoms with van der Waals surface area (Å²) in [6.45, 7) is -1.92. The number of halogens is 6. The van der Waals surface area contributed by atoms with Crippen LogP contribution in [0.15, 0.2) is 30.5 Å². The Hall–Kier alpha value is -2.72. The minimum Gasteiger partial charge on any atom is -0.495 e. The molecule has 0 atom stereocenters. The number of anilines is 2. The van der Waals surface area contributed by atoms with Crippen molar-refractivity contribution in [3.63, 3.8) is 0 Å². The van der Waals surface area contributed by atoms with Gasteiger partial charge in [-0.1, -0.05) is 12.1 Å². The number of benzene rings is 1. The highest BCUT2D eigenvalue weighted by molar-refractivity contribution is 5.62. The molecule has 0 bridgehead atoms. The average Bonchev–Trinajstić information content (AvgIpc) is 2.52. The van der Waals surface area contributed by atoms with Crippen LogP contribution in [0.4, 0.5) is 38.0 Å². The van der Waals surface area contributed by atoms with Crippen LogP contribution in [-0.2, 0) is 6.18 Å². The van der Waals surface area contributed by atoms with Crippen molar-refractivity contribution in [3.05, 3.63) is 36.0 Å². The van der Waals surface area contributed by atoms with Crippen LogP contribution >= 0.6 is 0 Å². The number of ether oxygens (including phenoxy) is 2. The molecule has 136 valence electrons. The van der Waals surface area contributed by atoms with Crippen LogP contribution in [0.25, 0.3) is 0 Å². The number of nitrogens with one attached hydrogen (secondary N) is 1. The molecule has 0 amide bonds. The SMILES string of the molecule is COc1ccccc1Nc1ncc(C(F)(F)F)c(OCC(F)(F)F)n1. The van der Waals surface area contributed by atoms with Crippen molar-refractivity contribution in [1.82, 2.24) is 9.97 Å². The lowest BCUT2D eigenvalue weighted by Crippen LogP contribution is -2.22. The Bertz CT molecular complexity index is 733. The smallest absolute Gasteiger partial charge is 0.423 e. The summed E-state index contributed by atoms with van der Waals surface area (Å²) in [6.07, 6.45) is -9.44. The van der Waals surface area contributed by atoms with Gasteiger partial charge in [0.05, 0.1) is 12.8 Å². The van der Waals surface area contributed by atoms with Gasteiger partial charge >= 0.3 is 12.4 Å². The molecule has 2 rings (SSSR count). The van der Waals surface area contributed by atoms with Gasteiger partial charge in [0.15, 0.2) is 6.61 Å². The molecule has 1 aromatic heterocycles. The predicted octanol–water partition coefficient (Wildman–Crippen LogP) is 4.19. The quantitative estimate of drug-likeness (QED) is 0.804. The molecule has 0 aliphatic carbocycles. The van der Waals surface area contributed by atoms with E-state index >= 15 is 0 Å². The van der Waals surface area contributed by atoms with Gasteiger partial charge in [0, 0.05) is 6.20 Å². The maximum Gasteiger partial charge on any atom is 0.423 e. The third-order valence-electron chi connectivity index (χ3n) is 2.79. The standard InChI is InChI=1S/C14H11F6N3O2/c1-24-10-5-3-2-4-9(10)22-12-21-6-8(14(18,19)20)11(23-12)25-7-13(15,16)17/h2-6H,7H2,1H3,(H,21,22,23). The number of rotatable bonds is 5. The van der Waals surface area contributed by atoms with E-state index in [9.17, 15) is 26.3 Å². The van der Waals surface area contributed by atoms with E-state index in [1.54, 1.807) is 18.2 Å². The maximum absolute atomic E-state index is 12.9. The third-order valence-corrected chi connectivity index (χ3v) is 2.79. The molecule has 1 heterocycles. The topological polar surface area (TPSA) is 56.3 Å². The molecule has 0 aliphatic heterocycles. The van der Waals surface area contributed by atoms with Crippen LogP contribution in [0.2, 0.25) is 0 Å². The Morgan fingerprint density at radius 3 is 2.36 bits per heavy atom. The molecule has 5 nitrogen and oxygen atoms in total. The molecule has 0 aliphatic rings. The number of alkyl halides is 6. The molecule has 11 heteroatoms. The van der Waals surface area contributed by atoms with E-state index in [0.717, 1.165) is 0 Å². The average molecular weight is 367 g/mol. The highest BCUT2D eigenvalue weighted by Gasteiger charge is 2.38. The minimum atomic E-state index is -4.97. The summed E-state index contributed by atoms with van der Waals surface area (Å²) in [4.78, 5) is 6.85. The van der Waals surface area contributed by atoms with Gasteiger partial charge < -0.3 is 14.8 Å². The van der Waals surface area contributed by atoms with E-state index in [4.69, 9.17) is 4.74 Å². The molecule has 0 saturated heterocycles. The molecule has 25 heavy (non-hydrogen) atoms. The first kappa shape index (κ1) is 18.6. The van der Waals surface area contributed by atoms with E-state index in [1.807, 2.05) is 0 Å². The van der Waals surface area contributed by atoms with Crippen LogP contribution < -0.4 is 14.8 Å². The zero-order valence-electron chi connectivity index (χ0n) is 12.6. The molecule has 0 spiro atoms. The monoisotopic (exact) mass is 367 g/mol. The van der Waals surface area contributed by atoms with Crippen molar-refractivity contribution in [3.8, 4) is 11.6 Å². The number of hydrogen-bond acceptors (Lipinski definition) is 5. The van der Waals surface area contributed by atoms with Crippen LogP contribution in [-0.4, -0.2) is 29.9 Å². The number of nitrogens with zero attached hydrogens (tertiary/aromatic N) is 2. The summed E-state index contributed by atoms with van der Waals surface area (Å²) in [5.41, 5.74) is -1.20. The van der Waals surface area contributed by atoms with Gasteiger partial charge in [-0.3, -0.25) is 0 Å². The van der Waals surface area contributed by atoms with Crippen molar-refractivity contribution < 1.29 is 35.8 Å². The summed E-state index contributed by atoms with van der Waals surface area (Å²) in [5, 5.41) is 2.56. The number of methoxy groups -OCH3 is 1. The molecule has 2 aromatic rings. The Kier molecular flexibility index (Phi) is 5.24. The van der Waals surface area contributed by atoms with Gasteiger partial charge in [-0.05, 0) is 12.1 Å². The van der Waals surface area contributed by atoms with E-state index in [1.165, 1.54) is 13.2 Å². The predicted molar refractivity (Wildman–Crippen MR) is 74.9 cm³/mol. The summed E-state index contributed by atoms with van der Waals surface area (Å²) in [7, 11) is 1.37. The van der Waals surface area contributed by atoms with E-state index in [2.05, 4.69) is 20.0 Å². The molecule has 0 fully saturated rings. The first-order valence-corrected chi connectivity index (χ1v) is 6.64. The lowest BCUT2D eigenvalue weighted by atomic mass is 10.3. The molecule has 1 N–H and O–H groups in total. The molecular formula is C14H11F6N3O2. The van der Waals surface area contributed by atoms with E-state index < -0.39 is 30.4 Å². The molecule has 1 aromatic carbocycles. The summed E-state index contributed by atoms with van der Waals surface area (Å²) < 4.78 is 84.5. The second-order valence-corrected chi connectivity index (χ2v) is 4.64. The Labute approximate surface area is 137 Å². The highest BCUT2D eigenvalue weighted by Crippen LogP contribution is 2.36. The van der Waals surface area contributed by atoms with Gasteiger partial charge in [-0.15, -0.1) is 0 Å². The van der Waals surface area contributed by atoms with Crippen molar-refractivity contribution in [2.75, 3.05) is 19.0 Å². The van der Waals surface area contributed by atoms with Crippen molar-refractivity contribution in [2.24, 2.45) is 0 Å². The zero-order chi connectivity index (χ0) is 18.7. The van der Waals surface area contributed by atoms with Gasteiger partial charge in [0.1, 0.15) is 11.3 Å². The van der Waals surface area contributed by atoms with E-state index in [0.29, 0.717) is 17.6 Å². The normalized spacial score (nSPS) is 12.0. The fourth-order valence-electron chi connectivity index (χ4n) is 1.75. The lowest BCUT2D eigenvalue weighted by molar-refractivity contribution is -0.159. The van der Waals surface area contributed by atoms with Gasteiger partial charge in [-0.25, -0.2) is 4.98 Å². The van der Waals surface area contributed by atoms with Crippen LogP contribution in [0.5, 0.6) is 11.6 Å². The Morgan fingerprint density at radius 2 is 1.76 bits per heavy atom. The largest absolute Gasteiger partial charge is 0.495 e. The van der Waals surface area contributed by atoms with E-state index in [-0.39, 0.29) is 5.95 Å². The molecule has 0 unspecified atom stereocenters. The first-order chi connectivity index (χ1) is 11.6. The zero-order valence-corrected chi connectivity index (χ0v) is 12.6. The highest BCUT2D eigenvalue weighted by atomic mass is 19.4. The first-order valence-electron chi connectivity index (χ1n) is 6.64. The van der Waals surface area contributed by atoms with Gasteiger partial charge in [0.25, 0.3) is 0 Å². The van der Waals surface area contributed by atoms with Crippen LogP contribution in [0.3, 0.4) is 0 Å². The lowest BCUT2D eigenvalue weighted by Gasteiger charge is -2.15. The second kappa shape index (κ2) is 7.03. The molecule has 0 radical (unpaired) electrons. The summed E-state index contributed by atoms with van der Waals surface area (Å²) in [6, 6.07) is 6.34. The molecular weight excluding hydrogens is 356 g/mol. The van der Waals surface area contributed by atoms with Gasteiger partial charge in [0.2, 0.25) is 11.8 Å². The van der Waals surface area contributed by atoms with Crippen molar-refractivity contribution >= 4 is 11.6 Å². The minimum absolute atomic E-state index is 0.312. The fraction of sp³-hybridized carbons (Fsp3) is 0.286. The van der Waals surface area contributed by atoms with Crippen LogP contribution in [0.1, 0.15) is 5.56 Å².